The van der Waals surface area contributed by atoms with Crippen molar-refractivity contribution >= 4 is 11.6 Å². The molecule has 3 nitrogen and oxygen atoms in total. The summed E-state index contributed by atoms with van der Waals surface area (Å²) >= 11 is 0. The van der Waals surface area contributed by atoms with E-state index >= 15 is 0 Å². The molecule has 0 saturated heterocycles. The van der Waals surface area contributed by atoms with Gasteiger partial charge in [-0.1, -0.05) is 32.0 Å². The van der Waals surface area contributed by atoms with Crippen LogP contribution in [0.25, 0.3) is 0 Å². The van der Waals surface area contributed by atoms with E-state index < -0.39 is 0 Å². The molecule has 1 amide bonds. The van der Waals surface area contributed by atoms with Gasteiger partial charge in [0.05, 0.1) is 0 Å². The van der Waals surface area contributed by atoms with Crippen LogP contribution in [-0.2, 0) is 4.79 Å². The fraction of sp³-hybridized carbons (Fsp3) is 0.462. The molecular formula is C13H20N2O. The Bertz CT molecular complexity index is 361. The summed E-state index contributed by atoms with van der Waals surface area (Å²) in [6.07, 6.45) is 0. The SMILES string of the molecule is CNC(=O)C(C)Nc1ccccc1C(C)C. The topological polar surface area (TPSA) is 41.1 Å². The fourth-order valence-electron chi connectivity index (χ4n) is 1.65. The molecule has 0 radical (unpaired) electrons. The first-order valence-corrected chi connectivity index (χ1v) is 5.63. The first-order chi connectivity index (χ1) is 7.56. The van der Waals surface area contributed by atoms with Gasteiger partial charge in [0.2, 0.25) is 5.91 Å². The minimum atomic E-state index is -0.218. The van der Waals surface area contributed by atoms with Gasteiger partial charge < -0.3 is 10.6 Å². The Balaban J connectivity index is 2.84. The number of likely N-dealkylation sites (N-methyl/N-ethyl adjacent to an activating group) is 1. The molecular weight excluding hydrogens is 200 g/mol. The zero-order valence-corrected chi connectivity index (χ0v) is 10.4. The second-order valence-electron chi connectivity index (χ2n) is 4.22. The third-order valence-corrected chi connectivity index (χ3v) is 2.59. The fourth-order valence-corrected chi connectivity index (χ4v) is 1.65. The lowest BCUT2D eigenvalue weighted by Gasteiger charge is -2.18. The van der Waals surface area contributed by atoms with E-state index in [0.29, 0.717) is 5.92 Å². The number of hydrogen-bond acceptors (Lipinski definition) is 2. The van der Waals surface area contributed by atoms with Gasteiger partial charge in [0.15, 0.2) is 0 Å². The standard InChI is InChI=1S/C13H20N2O/c1-9(2)11-7-5-6-8-12(11)15-10(3)13(16)14-4/h5-10,15H,1-4H3,(H,14,16). The van der Waals surface area contributed by atoms with E-state index in [0.717, 1.165) is 5.69 Å². The molecule has 2 N–H and O–H groups in total. The van der Waals surface area contributed by atoms with E-state index in [1.807, 2.05) is 25.1 Å². The average molecular weight is 220 g/mol. The van der Waals surface area contributed by atoms with Gasteiger partial charge in [-0.2, -0.15) is 0 Å². The second kappa shape index (κ2) is 5.54. The molecule has 88 valence electrons. The van der Waals surface area contributed by atoms with Gasteiger partial charge in [-0.25, -0.2) is 0 Å². The van der Waals surface area contributed by atoms with E-state index in [4.69, 9.17) is 0 Å². The minimum absolute atomic E-state index is 0.00133. The normalized spacial score (nSPS) is 12.3. The van der Waals surface area contributed by atoms with Crippen molar-refractivity contribution in [2.24, 2.45) is 0 Å². The molecule has 0 bridgehead atoms. The predicted octanol–water partition coefficient (Wildman–Crippen LogP) is 2.36. The van der Waals surface area contributed by atoms with Crippen LogP contribution in [0.15, 0.2) is 24.3 Å². The number of carbonyl (C=O) groups is 1. The molecule has 1 unspecified atom stereocenters. The molecule has 1 atom stereocenters. The Morgan fingerprint density at radius 3 is 2.38 bits per heavy atom. The molecule has 0 heterocycles. The van der Waals surface area contributed by atoms with Crippen molar-refractivity contribution in [3.05, 3.63) is 29.8 Å². The lowest BCUT2D eigenvalue weighted by molar-refractivity contribution is -0.121. The number of nitrogens with one attached hydrogen (secondary N) is 2. The summed E-state index contributed by atoms with van der Waals surface area (Å²) in [7, 11) is 1.65. The summed E-state index contributed by atoms with van der Waals surface area (Å²) in [4.78, 5) is 11.4. The third kappa shape index (κ3) is 2.99. The summed E-state index contributed by atoms with van der Waals surface area (Å²) in [6.45, 7) is 6.14. The molecule has 1 aromatic rings. The van der Waals surface area contributed by atoms with E-state index in [1.54, 1.807) is 7.05 Å². The average Bonchev–Trinajstić information content (AvgIpc) is 2.28. The number of amides is 1. The van der Waals surface area contributed by atoms with Crippen LogP contribution in [0.1, 0.15) is 32.3 Å². The van der Waals surface area contributed by atoms with Crippen molar-refractivity contribution in [3.8, 4) is 0 Å². The molecule has 0 saturated carbocycles. The monoisotopic (exact) mass is 220 g/mol. The highest BCUT2D eigenvalue weighted by atomic mass is 16.2. The van der Waals surface area contributed by atoms with Gasteiger partial charge in [0, 0.05) is 12.7 Å². The lowest BCUT2D eigenvalue weighted by Crippen LogP contribution is -2.35. The predicted molar refractivity (Wildman–Crippen MR) is 67.7 cm³/mol. The highest BCUT2D eigenvalue weighted by molar-refractivity contribution is 5.84. The molecule has 0 spiro atoms. The summed E-state index contributed by atoms with van der Waals surface area (Å²) in [5.41, 5.74) is 2.27. The zero-order valence-electron chi connectivity index (χ0n) is 10.4. The van der Waals surface area contributed by atoms with E-state index in [-0.39, 0.29) is 11.9 Å². The summed E-state index contributed by atoms with van der Waals surface area (Å²) in [6, 6.07) is 7.87. The van der Waals surface area contributed by atoms with Gasteiger partial charge in [-0.3, -0.25) is 4.79 Å². The molecule has 16 heavy (non-hydrogen) atoms. The zero-order chi connectivity index (χ0) is 12.1. The summed E-state index contributed by atoms with van der Waals surface area (Å²) in [5, 5.41) is 5.86. The van der Waals surface area contributed by atoms with Crippen LogP contribution in [0, 0.1) is 0 Å². The molecule has 1 aromatic carbocycles. The maximum atomic E-state index is 11.4. The first-order valence-electron chi connectivity index (χ1n) is 5.63. The van der Waals surface area contributed by atoms with Crippen LogP contribution in [0.5, 0.6) is 0 Å². The van der Waals surface area contributed by atoms with Crippen LogP contribution in [0.2, 0.25) is 0 Å². The van der Waals surface area contributed by atoms with Crippen LogP contribution in [0.4, 0.5) is 5.69 Å². The van der Waals surface area contributed by atoms with Crippen LogP contribution < -0.4 is 10.6 Å². The third-order valence-electron chi connectivity index (χ3n) is 2.59. The van der Waals surface area contributed by atoms with Gasteiger partial charge in [0.25, 0.3) is 0 Å². The molecule has 3 heteroatoms. The molecule has 0 aromatic heterocycles. The quantitative estimate of drug-likeness (QED) is 0.818. The van der Waals surface area contributed by atoms with Crippen molar-refractivity contribution < 1.29 is 4.79 Å². The summed E-state index contributed by atoms with van der Waals surface area (Å²) in [5.74, 6) is 0.444. The van der Waals surface area contributed by atoms with Crippen molar-refractivity contribution in [2.75, 3.05) is 12.4 Å². The van der Waals surface area contributed by atoms with Gasteiger partial charge in [0.1, 0.15) is 6.04 Å². The smallest absolute Gasteiger partial charge is 0.241 e. The minimum Gasteiger partial charge on any atom is -0.374 e. The Morgan fingerprint density at radius 2 is 1.81 bits per heavy atom. The maximum absolute atomic E-state index is 11.4. The number of benzene rings is 1. The Morgan fingerprint density at radius 1 is 1.19 bits per heavy atom. The highest BCUT2D eigenvalue weighted by Crippen LogP contribution is 2.24. The number of para-hydroxylation sites is 1. The maximum Gasteiger partial charge on any atom is 0.241 e. The summed E-state index contributed by atoms with van der Waals surface area (Å²) < 4.78 is 0. The number of anilines is 1. The van der Waals surface area contributed by atoms with Gasteiger partial charge in [-0.05, 0) is 24.5 Å². The number of carbonyl (C=O) groups excluding carboxylic acids is 1. The number of hydrogen-bond donors (Lipinski definition) is 2. The van der Waals surface area contributed by atoms with Gasteiger partial charge in [-0.15, -0.1) is 0 Å². The molecule has 0 fully saturated rings. The molecule has 0 aliphatic carbocycles. The number of rotatable bonds is 4. The van der Waals surface area contributed by atoms with Crippen molar-refractivity contribution in [1.82, 2.24) is 5.32 Å². The van der Waals surface area contributed by atoms with Crippen LogP contribution in [0.3, 0.4) is 0 Å². The van der Waals surface area contributed by atoms with E-state index in [1.165, 1.54) is 5.56 Å². The van der Waals surface area contributed by atoms with E-state index in [2.05, 4.69) is 30.5 Å². The van der Waals surface area contributed by atoms with Crippen LogP contribution >= 0.6 is 0 Å². The molecule has 0 aliphatic rings. The van der Waals surface area contributed by atoms with Crippen molar-refractivity contribution in [1.29, 1.82) is 0 Å². The first kappa shape index (κ1) is 12.6. The van der Waals surface area contributed by atoms with Crippen molar-refractivity contribution in [2.45, 2.75) is 32.7 Å². The van der Waals surface area contributed by atoms with Gasteiger partial charge >= 0.3 is 0 Å². The lowest BCUT2D eigenvalue weighted by atomic mass is 10.0. The Hall–Kier alpha value is -1.51. The highest BCUT2D eigenvalue weighted by Gasteiger charge is 2.13. The second-order valence-corrected chi connectivity index (χ2v) is 4.22. The largest absolute Gasteiger partial charge is 0.374 e. The Labute approximate surface area is 97.2 Å². The van der Waals surface area contributed by atoms with Crippen LogP contribution in [-0.4, -0.2) is 19.0 Å². The van der Waals surface area contributed by atoms with E-state index in [9.17, 15) is 4.79 Å². The molecule has 1 rings (SSSR count). The Kier molecular flexibility index (Phi) is 4.35. The molecule has 0 aliphatic heterocycles. The van der Waals surface area contributed by atoms with Crippen molar-refractivity contribution in [3.63, 3.8) is 0 Å².